The fourth-order valence-electron chi connectivity index (χ4n) is 3.90. The first-order chi connectivity index (χ1) is 13.9. The van der Waals surface area contributed by atoms with Gasteiger partial charge in [0.15, 0.2) is 0 Å². The summed E-state index contributed by atoms with van der Waals surface area (Å²) in [6, 6.07) is 11.0. The van der Waals surface area contributed by atoms with E-state index in [4.69, 9.17) is 4.74 Å². The number of aryl methyl sites for hydroxylation is 2. The lowest BCUT2D eigenvalue weighted by Crippen LogP contribution is -2.21. The van der Waals surface area contributed by atoms with Crippen molar-refractivity contribution in [2.45, 2.75) is 32.1 Å². The van der Waals surface area contributed by atoms with Gasteiger partial charge in [-0.25, -0.2) is 4.39 Å². The summed E-state index contributed by atoms with van der Waals surface area (Å²) in [6.07, 6.45) is 1.59. The summed E-state index contributed by atoms with van der Waals surface area (Å²) >= 11 is 1.37. The fourth-order valence-corrected chi connectivity index (χ4v) is 4.87. The molecule has 0 unspecified atom stereocenters. The summed E-state index contributed by atoms with van der Waals surface area (Å²) in [5.74, 6) is -0.475. The van der Waals surface area contributed by atoms with Crippen molar-refractivity contribution < 1.29 is 13.9 Å². The van der Waals surface area contributed by atoms with Gasteiger partial charge in [-0.1, -0.05) is 24.3 Å². The molecule has 2 aromatic carbocycles. The number of aromatic nitrogens is 1. The van der Waals surface area contributed by atoms with Gasteiger partial charge in [0.25, 0.3) is 0 Å². The molecule has 1 aromatic heterocycles. The van der Waals surface area contributed by atoms with E-state index in [1.165, 1.54) is 18.6 Å². The maximum absolute atomic E-state index is 15.1. The molecule has 1 heterocycles. The standard InChI is InChI=1S/C23H23FN2O2S/c1-13-11-18(19(24)12-17(13)21-20(25-3)14(2)26-29-21)15-5-7-16(8-6-15)23(9-10-23)22(27)28-4/h5-8,11-12,25H,9-10H2,1-4H3. The van der Waals surface area contributed by atoms with Gasteiger partial charge in [0, 0.05) is 18.2 Å². The number of rotatable bonds is 5. The van der Waals surface area contributed by atoms with Gasteiger partial charge >= 0.3 is 5.97 Å². The Morgan fingerprint density at radius 1 is 1.17 bits per heavy atom. The molecule has 0 saturated heterocycles. The fraction of sp³-hybridized carbons (Fsp3) is 0.304. The van der Waals surface area contributed by atoms with Gasteiger partial charge in [-0.2, -0.15) is 4.37 Å². The minimum Gasteiger partial charge on any atom is -0.468 e. The van der Waals surface area contributed by atoms with Crippen LogP contribution in [0.1, 0.15) is 29.7 Å². The molecule has 0 atom stereocenters. The van der Waals surface area contributed by atoms with E-state index in [1.807, 2.05) is 51.2 Å². The number of halogens is 1. The third-order valence-corrected chi connectivity index (χ3v) is 6.72. The van der Waals surface area contributed by atoms with Crippen molar-refractivity contribution in [2.24, 2.45) is 0 Å². The number of methoxy groups -OCH3 is 1. The van der Waals surface area contributed by atoms with Crippen molar-refractivity contribution in [2.75, 3.05) is 19.5 Å². The van der Waals surface area contributed by atoms with Gasteiger partial charge in [-0.15, -0.1) is 0 Å². The average Bonchev–Trinajstić information content (AvgIpc) is 3.46. The Bertz CT molecular complexity index is 1090. The Morgan fingerprint density at radius 3 is 2.45 bits per heavy atom. The van der Waals surface area contributed by atoms with E-state index < -0.39 is 5.41 Å². The second kappa shape index (κ2) is 7.26. The maximum atomic E-state index is 15.1. The molecule has 0 aliphatic heterocycles. The number of ether oxygens (including phenoxy) is 1. The molecule has 1 aliphatic carbocycles. The highest BCUT2D eigenvalue weighted by molar-refractivity contribution is 7.10. The van der Waals surface area contributed by atoms with Gasteiger partial charge in [0.05, 0.1) is 28.8 Å². The molecule has 4 rings (SSSR count). The van der Waals surface area contributed by atoms with Crippen molar-refractivity contribution in [1.82, 2.24) is 4.37 Å². The summed E-state index contributed by atoms with van der Waals surface area (Å²) in [4.78, 5) is 13.0. The Balaban J connectivity index is 1.70. The summed E-state index contributed by atoms with van der Waals surface area (Å²) in [5.41, 5.74) is 5.43. The molecule has 1 N–H and O–H groups in total. The van der Waals surface area contributed by atoms with Crippen LogP contribution in [0.25, 0.3) is 21.6 Å². The van der Waals surface area contributed by atoms with Crippen LogP contribution in [0.3, 0.4) is 0 Å². The first kappa shape index (κ1) is 19.6. The number of esters is 1. The zero-order chi connectivity index (χ0) is 20.8. The van der Waals surface area contributed by atoms with E-state index in [0.717, 1.165) is 51.4 Å². The SMILES string of the molecule is CNc1c(C)nsc1-c1cc(F)c(-c2ccc(C3(C(=O)OC)CC3)cc2)cc1C. The van der Waals surface area contributed by atoms with E-state index >= 15 is 4.39 Å². The second-order valence-corrected chi connectivity index (χ2v) is 8.29. The zero-order valence-corrected chi connectivity index (χ0v) is 17.7. The number of nitrogens with zero attached hydrogens (tertiary/aromatic N) is 1. The number of nitrogens with one attached hydrogen (secondary N) is 1. The number of benzene rings is 2. The molecule has 0 radical (unpaired) electrons. The van der Waals surface area contributed by atoms with Crippen LogP contribution in [-0.4, -0.2) is 24.5 Å². The van der Waals surface area contributed by atoms with E-state index in [0.29, 0.717) is 5.56 Å². The second-order valence-electron chi connectivity index (χ2n) is 7.52. The lowest BCUT2D eigenvalue weighted by atomic mass is 9.92. The number of hydrogen-bond donors (Lipinski definition) is 1. The molecule has 6 heteroatoms. The number of hydrogen-bond acceptors (Lipinski definition) is 5. The first-order valence-corrected chi connectivity index (χ1v) is 10.3. The summed E-state index contributed by atoms with van der Waals surface area (Å²) in [6.45, 7) is 3.92. The van der Waals surface area contributed by atoms with Gasteiger partial charge < -0.3 is 10.1 Å². The Kier molecular flexibility index (Phi) is 4.90. The molecule has 1 aliphatic rings. The molecule has 3 aromatic rings. The summed E-state index contributed by atoms with van der Waals surface area (Å²) in [5, 5.41) is 3.16. The van der Waals surface area contributed by atoms with Crippen molar-refractivity contribution in [1.29, 1.82) is 0 Å². The zero-order valence-electron chi connectivity index (χ0n) is 16.9. The number of carbonyl (C=O) groups excluding carboxylic acids is 1. The first-order valence-electron chi connectivity index (χ1n) is 9.55. The van der Waals surface area contributed by atoms with Gasteiger partial charge in [-0.05, 0) is 67.0 Å². The molecule has 1 saturated carbocycles. The van der Waals surface area contributed by atoms with Crippen LogP contribution >= 0.6 is 11.5 Å². The third-order valence-electron chi connectivity index (χ3n) is 5.75. The molecule has 1 fully saturated rings. The lowest BCUT2D eigenvalue weighted by Gasteiger charge is -2.14. The summed E-state index contributed by atoms with van der Waals surface area (Å²) < 4.78 is 24.4. The van der Waals surface area contributed by atoms with Crippen molar-refractivity contribution >= 4 is 23.2 Å². The highest BCUT2D eigenvalue weighted by atomic mass is 32.1. The molecule has 0 bridgehead atoms. The van der Waals surface area contributed by atoms with E-state index in [2.05, 4.69) is 9.69 Å². The van der Waals surface area contributed by atoms with Gasteiger partial charge in [0.2, 0.25) is 0 Å². The van der Waals surface area contributed by atoms with Gasteiger partial charge in [-0.3, -0.25) is 4.79 Å². The largest absolute Gasteiger partial charge is 0.468 e. The maximum Gasteiger partial charge on any atom is 0.316 e. The monoisotopic (exact) mass is 410 g/mol. The van der Waals surface area contributed by atoms with Crippen molar-refractivity contribution in [3.63, 3.8) is 0 Å². The topological polar surface area (TPSA) is 51.2 Å². The number of anilines is 1. The van der Waals surface area contributed by atoms with Crippen molar-refractivity contribution in [3.8, 4) is 21.6 Å². The average molecular weight is 411 g/mol. The molecule has 150 valence electrons. The molecule has 29 heavy (non-hydrogen) atoms. The smallest absolute Gasteiger partial charge is 0.316 e. The summed E-state index contributed by atoms with van der Waals surface area (Å²) in [7, 11) is 3.27. The molecule has 0 spiro atoms. The van der Waals surface area contributed by atoms with Crippen LogP contribution in [0.5, 0.6) is 0 Å². The minimum atomic E-state index is -0.515. The molecular formula is C23H23FN2O2S. The molecule has 4 nitrogen and oxygen atoms in total. The van der Waals surface area contributed by atoms with Crippen LogP contribution < -0.4 is 5.32 Å². The third kappa shape index (κ3) is 3.21. The molecular weight excluding hydrogens is 387 g/mol. The van der Waals surface area contributed by atoms with Gasteiger partial charge in [0.1, 0.15) is 5.82 Å². The van der Waals surface area contributed by atoms with Crippen LogP contribution in [-0.2, 0) is 14.9 Å². The van der Waals surface area contributed by atoms with Crippen LogP contribution in [0.15, 0.2) is 36.4 Å². The van der Waals surface area contributed by atoms with Crippen molar-refractivity contribution in [3.05, 3.63) is 59.0 Å². The number of carbonyl (C=O) groups is 1. The van der Waals surface area contributed by atoms with Crippen LogP contribution in [0.4, 0.5) is 10.1 Å². The predicted molar refractivity (Wildman–Crippen MR) is 115 cm³/mol. The predicted octanol–water partition coefficient (Wildman–Crippen LogP) is 5.48. The molecule has 0 amide bonds. The quantitative estimate of drug-likeness (QED) is 0.566. The Morgan fingerprint density at radius 2 is 1.86 bits per heavy atom. The van der Waals surface area contributed by atoms with E-state index in [9.17, 15) is 4.79 Å². The van der Waals surface area contributed by atoms with E-state index in [1.54, 1.807) is 6.07 Å². The Labute approximate surface area is 173 Å². The van der Waals surface area contributed by atoms with E-state index in [-0.39, 0.29) is 11.8 Å². The highest BCUT2D eigenvalue weighted by Gasteiger charge is 2.52. The Hall–Kier alpha value is -2.73. The van der Waals surface area contributed by atoms with Crippen LogP contribution in [0.2, 0.25) is 0 Å². The van der Waals surface area contributed by atoms with Crippen LogP contribution in [0, 0.1) is 19.7 Å². The minimum absolute atomic E-state index is 0.197. The highest BCUT2D eigenvalue weighted by Crippen LogP contribution is 2.49. The lowest BCUT2D eigenvalue weighted by molar-refractivity contribution is -0.143. The normalized spacial score (nSPS) is 14.5.